The van der Waals surface area contributed by atoms with Crippen LogP contribution in [0.5, 0.6) is 0 Å². The van der Waals surface area contributed by atoms with Crippen molar-refractivity contribution in [1.82, 2.24) is 4.98 Å². The van der Waals surface area contributed by atoms with Gasteiger partial charge in [0.05, 0.1) is 6.04 Å². The van der Waals surface area contributed by atoms with Crippen molar-refractivity contribution in [2.45, 2.75) is 19.9 Å². The third-order valence-electron chi connectivity index (χ3n) is 3.92. The summed E-state index contributed by atoms with van der Waals surface area (Å²) in [5, 5.41) is 2.30. The average Bonchev–Trinajstić information content (AvgIpc) is 2.49. The first kappa shape index (κ1) is 12.8. The molecule has 3 aromatic rings. The van der Waals surface area contributed by atoms with E-state index in [9.17, 15) is 0 Å². The van der Waals surface area contributed by atoms with Crippen LogP contribution in [-0.2, 0) is 0 Å². The van der Waals surface area contributed by atoms with Crippen molar-refractivity contribution in [2.24, 2.45) is 5.73 Å². The van der Waals surface area contributed by atoms with Gasteiger partial charge in [0.2, 0.25) is 0 Å². The zero-order chi connectivity index (χ0) is 14.1. The van der Waals surface area contributed by atoms with E-state index in [4.69, 9.17) is 5.73 Å². The number of hydrogen-bond donors (Lipinski definition) is 1. The summed E-state index contributed by atoms with van der Waals surface area (Å²) in [6.45, 7) is 4.23. The molecule has 2 nitrogen and oxygen atoms in total. The summed E-state index contributed by atoms with van der Waals surface area (Å²) in [4.78, 5) is 4.32. The van der Waals surface area contributed by atoms with Crippen LogP contribution < -0.4 is 5.73 Å². The largest absolute Gasteiger partial charge is 0.320 e. The van der Waals surface area contributed by atoms with Gasteiger partial charge in [-0.1, -0.05) is 42.5 Å². The van der Waals surface area contributed by atoms with Crippen molar-refractivity contribution in [3.63, 3.8) is 0 Å². The number of hydrogen-bond acceptors (Lipinski definition) is 2. The summed E-state index contributed by atoms with van der Waals surface area (Å²) in [6.07, 6.45) is 3.76. The Bertz CT molecular complexity index is 757. The van der Waals surface area contributed by atoms with Crippen molar-refractivity contribution < 1.29 is 0 Å². The zero-order valence-corrected chi connectivity index (χ0v) is 11.8. The molecule has 1 aromatic heterocycles. The lowest BCUT2D eigenvalue weighted by Crippen LogP contribution is -2.13. The molecule has 0 aliphatic rings. The predicted octanol–water partition coefficient (Wildman–Crippen LogP) is 3.90. The molecule has 3 rings (SSSR count). The fourth-order valence-electron chi connectivity index (χ4n) is 2.53. The summed E-state index contributed by atoms with van der Waals surface area (Å²) in [5.74, 6) is 0. The lowest BCUT2D eigenvalue weighted by molar-refractivity contribution is 0.871. The summed E-state index contributed by atoms with van der Waals surface area (Å²) in [6, 6.07) is 14.5. The van der Waals surface area contributed by atoms with Crippen LogP contribution in [0.2, 0.25) is 0 Å². The van der Waals surface area contributed by atoms with Gasteiger partial charge in [-0.3, -0.25) is 4.98 Å². The van der Waals surface area contributed by atoms with E-state index < -0.39 is 0 Å². The number of pyridine rings is 1. The Morgan fingerprint density at radius 2 is 1.75 bits per heavy atom. The Hall–Kier alpha value is -2.19. The predicted molar refractivity (Wildman–Crippen MR) is 83.7 cm³/mol. The van der Waals surface area contributed by atoms with E-state index in [-0.39, 0.29) is 6.04 Å². The van der Waals surface area contributed by atoms with Crippen molar-refractivity contribution in [3.8, 4) is 0 Å². The number of rotatable bonds is 2. The fraction of sp³-hybridized carbons (Fsp3) is 0.167. The molecule has 0 radical (unpaired) electrons. The summed E-state index contributed by atoms with van der Waals surface area (Å²) < 4.78 is 0. The van der Waals surface area contributed by atoms with Gasteiger partial charge in [0.1, 0.15) is 0 Å². The quantitative estimate of drug-likeness (QED) is 0.760. The summed E-state index contributed by atoms with van der Waals surface area (Å²) in [5.41, 5.74) is 11.2. The monoisotopic (exact) mass is 262 g/mol. The highest BCUT2D eigenvalue weighted by atomic mass is 14.7. The minimum Gasteiger partial charge on any atom is -0.320 e. The van der Waals surface area contributed by atoms with Crippen LogP contribution in [-0.4, -0.2) is 4.98 Å². The molecule has 1 heterocycles. The number of nitrogens with zero attached hydrogens (tertiary/aromatic N) is 1. The molecular weight excluding hydrogens is 244 g/mol. The molecule has 0 fully saturated rings. The third-order valence-corrected chi connectivity index (χ3v) is 3.92. The minimum absolute atomic E-state index is 0.145. The van der Waals surface area contributed by atoms with Gasteiger partial charge in [-0.25, -0.2) is 0 Å². The van der Waals surface area contributed by atoms with Crippen molar-refractivity contribution in [3.05, 3.63) is 77.1 Å². The lowest BCUT2D eigenvalue weighted by Gasteiger charge is -2.16. The maximum Gasteiger partial charge on any atom is 0.0573 e. The molecule has 1 atom stereocenters. The van der Waals surface area contributed by atoms with E-state index in [0.29, 0.717) is 0 Å². The molecule has 20 heavy (non-hydrogen) atoms. The average molecular weight is 262 g/mol. The van der Waals surface area contributed by atoms with Crippen molar-refractivity contribution in [1.29, 1.82) is 0 Å². The number of benzene rings is 2. The second kappa shape index (κ2) is 5.06. The van der Waals surface area contributed by atoms with E-state index in [1.807, 2.05) is 24.5 Å². The minimum atomic E-state index is -0.145. The van der Waals surface area contributed by atoms with Crippen LogP contribution in [0, 0.1) is 13.8 Å². The van der Waals surface area contributed by atoms with E-state index >= 15 is 0 Å². The molecule has 2 N–H and O–H groups in total. The van der Waals surface area contributed by atoms with Crippen LogP contribution in [0.3, 0.4) is 0 Å². The molecule has 0 spiro atoms. The molecule has 0 aliphatic heterocycles. The molecule has 1 unspecified atom stereocenters. The maximum absolute atomic E-state index is 6.46. The molecule has 0 amide bonds. The van der Waals surface area contributed by atoms with Gasteiger partial charge in [0.15, 0.2) is 0 Å². The highest BCUT2D eigenvalue weighted by Crippen LogP contribution is 2.27. The smallest absolute Gasteiger partial charge is 0.0573 e. The Kier molecular flexibility index (Phi) is 3.25. The highest BCUT2D eigenvalue weighted by Gasteiger charge is 2.13. The SMILES string of the molecule is Cc1ccc(C(N)c2cncc3ccccc23)cc1C. The van der Waals surface area contributed by atoms with Crippen LogP contribution in [0.4, 0.5) is 0 Å². The number of nitrogens with two attached hydrogens (primary N) is 1. The molecule has 0 aliphatic carbocycles. The van der Waals surface area contributed by atoms with Crippen LogP contribution >= 0.6 is 0 Å². The topological polar surface area (TPSA) is 38.9 Å². The second-order valence-electron chi connectivity index (χ2n) is 5.27. The van der Waals surface area contributed by atoms with Gasteiger partial charge in [-0.05, 0) is 41.5 Å². The number of aromatic nitrogens is 1. The first-order valence-electron chi connectivity index (χ1n) is 6.82. The van der Waals surface area contributed by atoms with Gasteiger partial charge < -0.3 is 5.73 Å². The Labute approximate surface area is 119 Å². The molecule has 2 aromatic carbocycles. The van der Waals surface area contributed by atoms with E-state index in [1.54, 1.807) is 0 Å². The third kappa shape index (κ3) is 2.19. The molecule has 0 saturated carbocycles. The second-order valence-corrected chi connectivity index (χ2v) is 5.27. The van der Waals surface area contributed by atoms with E-state index in [2.05, 4.69) is 49.2 Å². The first-order valence-corrected chi connectivity index (χ1v) is 6.82. The Morgan fingerprint density at radius 3 is 2.55 bits per heavy atom. The molecule has 0 bridgehead atoms. The van der Waals surface area contributed by atoms with Gasteiger partial charge in [-0.2, -0.15) is 0 Å². The first-order chi connectivity index (χ1) is 9.66. The van der Waals surface area contributed by atoms with Crippen molar-refractivity contribution in [2.75, 3.05) is 0 Å². The van der Waals surface area contributed by atoms with Crippen LogP contribution in [0.15, 0.2) is 54.9 Å². The highest BCUT2D eigenvalue weighted by molar-refractivity contribution is 5.85. The lowest BCUT2D eigenvalue weighted by atomic mass is 9.94. The number of fused-ring (bicyclic) bond motifs is 1. The van der Waals surface area contributed by atoms with Gasteiger partial charge >= 0.3 is 0 Å². The molecule has 0 saturated heterocycles. The van der Waals surface area contributed by atoms with Crippen LogP contribution in [0.25, 0.3) is 10.8 Å². The number of aryl methyl sites for hydroxylation is 2. The fourth-order valence-corrected chi connectivity index (χ4v) is 2.53. The maximum atomic E-state index is 6.46. The van der Waals surface area contributed by atoms with Crippen molar-refractivity contribution >= 4 is 10.8 Å². The van der Waals surface area contributed by atoms with Gasteiger partial charge in [0, 0.05) is 17.8 Å². The summed E-state index contributed by atoms with van der Waals surface area (Å²) >= 11 is 0. The van der Waals surface area contributed by atoms with Crippen LogP contribution in [0.1, 0.15) is 28.3 Å². The molecule has 2 heteroatoms. The molecular formula is C18H18N2. The summed E-state index contributed by atoms with van der Waals surface area (Å²) in [7, 11) is 0. The zero-order valence-electron chi connectivity index (χ0n) is 11.8. The van der Waals surface area contributed by atoms with Gasteiger partial charge in [0.25, 0.3) is 0 Å². The Morgan fingerprint density at radius 1 is 0.950 bits per heavy atom. The standard InChI is InChI=1S/C18H18N2/c1-12-7-8-14(9-13(12)2)18(19)17-11-20-10-15-5-3-4-6-16(15)17/h3-11,18H,19H2,1-2H3. The van der Waals surface area contributed by atoms with Gasteiger partial charge in [-0.15, -0.1) is 0 Å². The normalized spacial score (nSPS) is 12.6. The van der Waals surface area contributed by atoms with E-state index in [0.717, 1.165) is 16.5 Å². The Balaban J connectivity index is 2.12. The van der Waals surface area contributed by atoms with E-state index in [1.165, 1.54) is 16.5 Å². The molecule has 100 valence electrons.